The van der Waals surface area contributed by atoms with E-state index in [1.807, 2.05) is 0 Å². The highest BCUT2D eigenvalue weighted by molar-refractivity contribution is 4.68. The average molecular weight is 182 g/mol. The van der Waals surface area contributed by atoms with Crippen LogP contribution in [0.1, 0.15) is 71.6 Å². The Morgan fingerprint density at radius 1 is 1.00 bits per heavy atom. The van der Waals surface area contributed by atoms with Crippen LogP contribution in [0.5, 0.6) is 0 Å². The van der Waals surface area contributed by atoms with E-state index in [1.165, 1.54) is 57.8 Å². The fourth-order valence-corrected chi connectivity index (χ4v) is 1.89. The number of rotatable bonds is 3. The van der Waals surface area contributed by atoms with E-state index in [1.54, 1.807) is 0 Å². The predicted octanol–water partition coefficient (Wildman–Crippen LogP) is 4.78. The quantitative estimate of drug-likeness (QED) is 0.589. The minimum atomic E-state index is 1.06. The van der Waals surface area contributed by atoms with Gasteiger partial charge in [0.2, 0.25) is 0 Å². The first-order valence-electron chi connectivity index (χ1n) is 6.33. The summed E-state index contributed by atoms with van der Waals surface area (Å²) in [5.41, 5.74) is 0. The Hall–Kier alpha value is 0. The third-order valence-corrected chi connectivity index (χ3v) is 3.58. The van der Waals surface area contributed by atoms with E-state index in [0.717, 1.165) is 11.8 Å². The molecule has 0 aromatic rings. The van der Waals surface area contributed by atoms with Gasteiger partial charge >= 0.3 is 0 Å². The predicted molar refractivity (Wildman–Crippen MR) is 59.9 cm³/mol. The minimum Gasteiger partial charge on any atom is -0.0654 e. The van der Waals surface area contributed by atoms with Crippen molar-refractivity contribution in [1.29, 1.82) is 0 Å². The number of unbranched alkanes of at least 4 members (excludes halogenated alkanes) is 1. The Balaban J connectivity index is 0.000000145. The second-order valence-corrected chi connectivity index (χ2v) is 4.98. The zero-order chi connectivity index (χ0) is 9.52. The minimum absolute atomic E-state index is 1.06. The van der Waals surface area contributed by atoms with E-state index in [2.05, 4.69) is 13.8 Å². The molecule has 0 atom stereocenters. The fourth-order valence-electron chi connectivity index (χ4n) is 1.89. The molecule has 0 amide bonds. The average Bonchev–Trinajstić information content (AvgIpc) is 2.00. The molecule has 0 radical (unpaired) electrons. The molecule has 0 spiro atoms. The van der Waals surface area contributed by atoms with Crippen LogP contribution in [0.4, 0.5) is 0 Å². The first kappa shape index (κ1) is 11.1. The van der Waals surface area contributed by atoms with Gasteiger partial charge in [0.25, 0.3) is 0 Å². The van der Waals surface area contributed by atoms with Gasteiger partial charge < -0.3 is 0 Å². The van der Waals surface area contributed by atoms with Gasteiger partial charge in [-0.15, -0.1) is 0 Å². The maximum Gasteiger partial charge on any atom is -0.0414 e. The van der Waals surface area contributed by atoms with Crippen molar-refractivity contribution in [3.63, 3.8) is 0 Å². The Bertz CT molecular complexity index is 109. The van der Waals surface area contributed by atoms with Crippen molar-refractivity contribution in [2.24, 2.45) is 11.8 Å². The van der Waals surface area contributed by atoms with Gasteiger partial charge in [-0.25, -0.2) is 0 Å². The fraction of sp³-hybridized carbons (Fsp3) is 1.00. The summed E-state index contributed by atoms with van der Waals surface area (Å²) in [5, 5.41) is 0. The Labute approximate surface area is 84.1 Å². The Morgan fingerprint density at radius 2 is 1.54 bits per heavy atom. The summed E-state index contributed by atoms with van der Waals surface area (Å²) in [6, 6.07) is 0. The van der Waals surface area contributed by atoms with Crippen molar-refractivity contribution < 1.29 is 0 Å². The lowest BCUT2D eigenvalue weighted by molar-refractivity contribution is 0.289. The van der Waals surface area contributed by atoms with Gasteiger partial charge in [0, 0.05) is 0 Å². The van der Waals surface area contributed by atoms with E-state index >= 15 is 0 Å². The second-order valence-electron chi connectivity index (χ2n) is 4.98. The first-order chi connectivity index (χ1) is 6.33. The van der Waals surface area contributed by atoms with Crippen molar-refractivity contribution in [3.8, 4) is 0 Å². The molecule has 13 heavy (non-hydrogen) atoms. The highest BCUT2D eigenvalue weighted by atomic mass is 14.2. The molecular weight excluding hydrogens is 156 g/mol. The van der Waals surface area contributed by atoms with Crippen molar-refractivity contribution >= 4 is 0 Å². The molecular formula is C13H26. The van der Waals surface area contributed by atoms with Crippen LogP contribution in [-0.2, 0) is 0 Å². The van der Waals surface area contributed by atoms with Crippen LogP contribution < -0.4 is 0 Å². The van der Waals surface area contributed by atoms with E-state index in [0.29, 0.717) is 0 Å². The third kappa shape index (κ3) is 4.69. The molecule has 2 fully saturated rings. The zero-order valence-electron chi connectivity index (χ0n) is 9.52. The number of hydrogen-bond acceptors (Lipinski definition) is 0. The first-order valence-corrected chi connectivity index (χ1v) is 6.33. The van der Waals surface area contributed by atoms with Gasteiger partial charge in [0.05, 0.1) is 0 Å². The van der Waals surface area contributed by atoms with Gasteiger partial charge in [0.1, 0.15) is 0 Å². The van der Waals surface area contributed by atoms with Crippen LogP contribution in [0.15, 0.2) is 0 Å². The van der Waals surface area contributed by atoms with E-state index < -0.39 is 0 Å². The molecule has 0 saturated heterocycles. The SMILES string of the molecule is CC1CCC1.CCCCC1CCC1. The molecule has 0 N–H and O–H groups in total. The highest BCUT2D eigenvalue weighted by Crippen LogP contribution is 2.30. The van der Waals surface area contributed by atoms with Gasteiger partial charge in [-0.05, 0) is 11.8 Å². The molecule has 0 aromatic heterocycles. The molecule has 0 bridgehead atoms. The van der Waals surface area contributed by atoms with Crippen LogP contribution >= 0.6 is 0 Å². The van der Waals surface area contributed by atoms with Crippen molar-refractivity contribution in [2.75, 3.05) is 0 Å². The molecule has 78 valence electrons. The number of hydrogen-bond donors (Lipinski definition) is 0. The molecule has 2 rings (SSSR count). The summed E-state index contributed by atoms with van der Waals surface area (Å²) < 4.78 is 0. The van der Waals surface area contributed by atoms with E-state index in [-0.39, 0.29) is 0 Å². The van der Waals surface area contributed by atoms with Gasteiger partial charge in [-0.2, -0.15) is 0 Å². The lowest BCUT2D eigenvalue weighted by Crippen LogP contribution is -2.09. The zero-order valence-corrected chi connectivity index (χ0v) is 9.52. The summed E-state index contributed by atoms with van der Waals surface area (Å²) in [7, 11) is 0. The molecule has 0 unspecified atom stereocenters. The van der Waals surface area contributed by atoms with Crippen molar-refractivity contribution in [3.05, 3.63) is 0 Å². The summed E-state index contributed by atoms with van der Waals surface area (Å²) in [6.45, 7) is 4.59. The maximum absolute atomic E-state index is 2.31. The van der Waals surface area contributed by atoms with Crippen LogP contribution in [0.2, 0.25) is 0 Å². The third-order valence-electron chi connectivity index (χ3n) is 3.58. The Kier molecular flexibility index (Phi) is 5.50. The Morgan fingerprint density at radius 3 is 1.77 bits per heavy atom. The largest absolute Gasteiger partial charge is 0.0654 e. The monoisotopic (exact) mass is 182 g/mol. The van der Waals surface area contributed by atoms with Gasteiger partial charge in [-0.3, -0.25) is 0 Å². The molecule has 0 heteroatoms. The molecule has 2 aliphatic rings. The summed E-state index contributed by atoms with van der Waals surface area (Å²) in [5.74, 6) is 2.20. The van der Waals surface area contributed by atoms with Gasteiger partial charge in [0.15, 0.2) is 0 Å². The lowest BCUT2D eigenvalue weighted by atomic mass is 9.82. The highest BCUT2D eigenvalue weighted by Gasteiger charge is 2.15. The molecule has 2 aliphatic carbocycles. The maximum atomic E-state index is 2.31. The van der Waals surface area contributed by atoms with Crippen LogP contribution in [0.3, 0.4) is 0 Å². The van der Waals surface area contributed by atoms with Gasteiger partial charge in [-0.1, -0.05) is 71.6 Å². The summed E-state index contributed by atoms with van der Waals surface area (Å²) in [6.07, 6.45) is 13.4. The van der Waals surface area contributed by atoms with E-state index in [4.69, 9.17) is 0 Å². The van der Waals surface area contributed by atoms with Crippen LogP contribution in [0, 0.1) is 11.8 Å². The summed E-state index contributed by atoms with van der Waals surface area (Å²) >= 11 is 0. The molecule has 0 aliphatic heterocycles. The van der Waals surface area contributed by atoms with Crippen LogP contribution in [0.25, 0.3) is 0 Å². The molecule has 0 nitrogen and oxygen atoms in total. The second kappa shape index (κ2) is 6.45. The smallest absolute Gasteiger partial charge is 0.0414 e. The van der Waals surface area contributed by atoms with Crippen molar-refractivity contribution in [2.45, 2.75) is 71.6 Å². The molecule has 2 saturated carbocycles. The van der Waals surface area contributed by atoms with E-state index in [9.17, 15) is 0 Å². The van der Waals surface area contributed by atoms with Crippen molar-refractivity contribution in [1.82, 2.24) is 0 Å². The summed E-state index contributed by atoms with van der Waals surface area (Å²) in [4.78, 5) is 0. The standard InChI is InChI=1S/C8H16.C5H10/c1-2-3-5-8-6-4-7-8;1-5-3-2-4-5/h8H,2-7H2,1H3;5H,2-4H2,1H3. The molecule has 0 aromatic carbocycles. The van der Waals surface area contributed by atoms with Crippen LogP contribution in [-0.4, -0.2) is 0 Å². The topological polar surface area (TPSA) is 0 Å². The normalized spacial score (nSPS) is 22.6. The lowest BCUT2D eigenvalue weighted by Gasteiger charge is -2.24. The molecule has 0 heterocycles.